The Bertz CT molecular complexity index is 513. The molecule has 0 unspecified atom stereocenters. The molecule has 0 spiro atoms. The van der Waals surface area contributed by atoms with Gasteiger partial charge in [-0.3, -0.25) is 9.59 Å². The molecular weight excluding hydrogens is 284 g/mol. The molecule has 0 aromatic heterocycles. The first-order chi connectivity index (χ1) is 10.7. The van der Waals surface area contributed by atoms with Gasteiger partial charge in [0, 0.05) is 19.6 Å². The highest BCUT2D eigenvalue weighted by Crippen LogP contribution is 2.12. The van der Waals surface area contributed by atoms with E-state index in [0.29, 0.717) is 39.3 Å². The number of carbonyl (C=O) groups is 2. The standard InChI is InChI=1S/C16H22N2O4/c1-21-14-4-2-3-13(11-14)5-6-17-15(19)12-16(20)18-7-9-22-10-8-18/h2-4,11H,5-10,12H2,1H3,(H,17,19). The normalized spacial score (nSPS) is 14.5. The van der Waals surface area contributed by atoms with Gasteiger partial charge >= 0.3 is 0 Å². The van der Waals surface area contributed by atoms with Crippen molar-refractivity contribution in [1.29, 1.82) is 0 Å². The van der Waals surface area contributed by atoms with Gasteiger partial charge in [0.25, 0.3) is 0 Å². The molecule has 0 bridgehead atoms. The second-order valence-electron chi connectivity index (χ2n) is 5.12. The summed E-state index contributed by atoms with van der Waals surface area (Å²) in [5.74, 6) is 0.424. The highest BCUT2D eigenvalue weighted by atomic mass is 16.5. The quantitative estimate of drug-likeness (QED) is 0.782. The first-order valence-electron chi connectivity index (χ1n) is 7.44. The van der Waals surface area contributed by atoms with Gasteiger partial charge in [-0.2, -0.15) is 0 Å². The molecule has 1 fully saturated rings. The minimum Gasteiger partial charge on any atom is -0.497 e. The van der Waals surface area contributed by atoms with Gasteiger partial charge in [0.05, 0.1) is 20.3 Å². The zero-order valence-corrected chi connectivity index (χ0v) is 12.8. The number of carbonyl (C=O) groups excluding carboxylic acids is 2. The average Bonchev–Trinajstić information content (AvgIpc) is 2.56. The number of amides is 2. The lowest BCUT2D eigenvalue weighted by Gasteiger charge is -2.26. The van der Waals surface area contributed by atoms with Crippen LogP contribution in [-0.2, 0) is 20.7 Å². The zero-order chi connectivity index (χ0) is 15.8. The Kier molecular flexibility index (Phi) is 6.21. The molecule has 0 radical (unpaired) electrons. The number of hydrogen-bond acceptors (Lipinski definition) is 4. The molecule has 6 nitrogen and oxygen atoms in total. The Balaban J connectivity index is 1.69. The smallest absolute Gasteiger partial charge is 0.232 e. The first kappa shape index (κ1) is 16.3. The maximum Gasteiger partial charge on any atom is 0.232 e. The van der Waals surface area contributed by atoms with Crippen LogP contribution in [0.2, 0.25) is 0 Å². The van der Waals surface area contributed by atoms with Gasteiger partial charge in [-0.25, -0.2) is 0 Å². The van der Waals surface area contributed by atoms with Crippen LogP contribution in [0.5, 0.6) is 5.75 Å². The Labute approximate surface area is 130 Å². The molecule has 1 aromatic carbocycles. The predicted molar refractivity (Wildman–Crippen MR) is 81.7 cm³/mol. The van der Waals surface area contributed by atoms with E-state index in [2.05, 4.69) is 5.32 Å². The number of ether oxygens (including phenoxy) is 2. The lowest BCUT2D eigenvalue weighted by Crippen LogP contribution is -2.42. The molecule has 1 aromatic rings. The Morgan fingerprint density at radius 1 is 1.32 bits per heavy atom. The summed E-state index contributed by atoms with van der Waals surface area (Å²) in [6.07, 6.45) is 0.604. The van der Waals surface area contributed by atoms with Crippen molar-refractivity contribution in [3.05, 3.63) is 29.8 Å². The predicted octanol–water partition coefficient (Wildman–Crippen LogP) is 0.603. The minimum atomic E-state index is -0.237. The molecule has 120 valence electrons. The van der Waals surface area contributed by atoms with Gasteiger partial charge in [0.1, 0.15) is 12.2 Å². The summed E-state index contributed by atoms with van der Waals surface area (Å²) in [5, 5.41) is 2.78. The number of benzene rings is 1. The summed E-state index contributed by atoms with van der Waals surface area (Å²) in [4.78, 5) is 25.4. The second kappa shape index (κ2) is 8.38. The fourth-order valence-electron chi connectivity index (χ4n) is 2.30. The molecule has 1 heterocycles. The highest BCUT2D eigenvalue weighted by Gasteiger charge is 2.19. The van der Waals surface area contributed by atoms with Crippen molar-refractivity contribution in [2.24, 2.45) is 0 Å². The first-order valence-corrected chi connectivity index (χ1v) is 7.44. The van der Waals surface area contributed by atoms with Crippen molar-refractivity contribution in [3.8, 4) is 5.75 Å². The number of morpholine rings is 1. The number of nitrogens with one attached hydrogen (secondary N) is 1. The molecule has 2 amide bonds. The maximum atomic E-state index is 11.9. The summed E-state index contributed by atoms with van der Waals surface area (Å²) in [6, 6.07) is 7.71. The Morgan fingerprint density at radius 3 is 2.82 bits per heavy atom. The molecule has 0 aliphatic carbocycles. The SMILES string of the molecule is COc1cccc(CCNC(=O)CC(=O)N2CCOCC2)c1. The van der Waals surface area contributed by atoms with Gasteiger partial charge in [0.2, 0.25) is 11.8 Å². The van der Waals surface area contributed by atoms with Crippen molar-refractivity contribution < 1.29 is 19.1 Å². The van der Waals surface area contributed by atoms with Crippen LogP contribution in [0.3, 0.4) is 0 Å². The fraction of sp³-hybridized carbons (Fsp3) is 0.500. The number of hydrogen-bond donors (Lipinski definition) is 1. The van der Waals surface area contributed by atoms with Crippen LogP contribution in [0.1, 0.15) is 12.0 Å². The van der Waals surface area contributed by atoms with Crippen LogP contribution in [0.25, 0.3) is 0 Å². The van der Waals surface area contributed by atoms with Crippen LogP contribution in [0, 0.1) is 0 Å². The van der Waals surface area contributed by atoms with E-state index in [4.69, 9.17) is 9.47 Å². The minimum absolute atomic E-state index is 0.0991. The molecule has 6 heteroatoms. The van der Waals surface area contributed by atoms with E-state index < -0.39 is 0 Å². The molecule has 1 saturated heterocycles. The summed E-state index contributed by atoms with van der Waals surface area (Å²) in [5.41, 5.74) is 1.08. The third-order valence-corrected chi connectivity index (χ3v) is 3.55. The molecule has 0 atom stereocenters. The topological polar surface area (TPSA) is 67.9 Å². The lowest BCUT2D eigenvalue weighted by molar-refractivity contribution is -0.139. The molecular formula is C16H22N2O4. The molecule has 22 heavy (non-hydrogen) atoms. The lowest BCUT2D eigenvalue weighted by atomic mass is 10.1. The van der Waals surface area contributed by atoms with Crippen molar-refractivity contribution in [2.75, 3.05) is 40.0 Å². The van der Waals surface area contributed by atoms with Crippen LogP contribution in [-0.4, -0.2) is 56.7 Å². The molecule has 1 aliphatic rings. The van der Waals surface area contributed by atoms with Crippen LogP contribution >= 0.6 is 0 Å². The third-order valence-electron chi connectivity index (χ3n) is 3.55. The molecule has 1 aliphatic heterocycles. The fourth-order valence-corrected chi connectivity index (χ4v) is 2.30. The van der Waals surface area contributed by atoms with E-state index in [9.17, 15) is 9.59 Å². The van der Waals surface area contributed by atoms with Crippen molar-refractivity contribution in [1.82, 2.24) is 10.2 Å². The Morgan fingerprint density at radius 2 is 2.09 bits per heavy atom. The maximum absolute atomic E-state index is 11.9. The number of methoxy groups -OCH3 is 1. The van der Waals surface area contributed by atoms with Crippen molar-refractivity contribution in [2.45, 2.75) is 12.8 Å². The van der Waals surface area contributed by atoms with Gasteiger partial charge in [0.15, 0.2) is 0 Å². The van der Waals surface area contributed by atoms with Gasteiger partial charge < -0.3 is 19.7 Å². The average molecular weight is 306 g/mol. The number of nitrogens with zero attached hydrogens (tertiary/aromatic N) is 1. The molecule has 1 N–H and O–H groups in total. The van der Waals surface area contributed by atoms with Crippen LogP contribution in [0.4, 0.5) is 0 Å². The molecule has 2 rings (SSSR count). The zero-order valence-electron chi connectivity index (χ0n) is 12.8. The second-order valence-corrected chi connectivity index (χ2v) is 5.12. The summed E-state index contributed by atoms with van der Waals surface area (Å²) < 4.78 is 10.3. The largest absolute Gasteiger partial charge is 0.497 e. The van der Waals surface area contributed by atoms with E-state index in [1.165, 1.54) is 0 Å². The number of rotatable bonds is 6. The molecule has 0 saturated carbocycles. The summed E-state index contributed by atoms with van der Waals surface area (Å²) >= 11 is 0. The van der Waals surface area contributed by atoms with E-state index in [1.54, 1.807) is 12.0 Å². The van der Waals surface area contributed by atoms with Crippen LogP contribution in [0.15, 0.2) is 24.3 Å². The summed E-state index contributed by atoms with van der Waals surface area (Å²) in [6.45, 7) is 2.72. The third kappa shape index (κ3) is 5.04. The summed E-state index contributed by atoms with van der Waals surface area (Å²) in [7, 11) is 1.62. The monoisotopic (exact) mass is 306 g/mol. The van der Waals surface area contributed by atoms with E-state index in [-0.39, 0.29) is 18.2 Å². The van der Waals surface area contributed by atoms with Crippen LogP contribution < -0.4 is 10.1 Å². The van der Waals surface area contributed by atoms with E-state index >= 15 is 0 Å². The van der Waals surface area contributed by atoms with E-state index in [1.807, 2.05) is 24.3 Å². The van der Waals surface area contributed by atoms with Crippen molar-refractivity contribution in [3.63, 3.8) is 0 Å². The van der Waals surface area contributed by atoms with Gasteiger partial charge in [-0.05, 0) is 24.1 Å². The highest BCUT2D eigenvalue weighted by molar-refractivity contribution is 5.96. The van der Waals surface area contributed by atoms with E-state index in [0.717, 1.165) is 11.3 Å². The Hall–Kier alpha value is -2.08. The van der Waals surface area contributed by atoms with Crippen molar-refractivity contribution >= 4 is 11.8 Å². The van der Waals surface area contributed by atoms with Gasteiger partial charge in [-0.15, -0.1) is 0 Å². The van der Waals surface area contributed by atoms with Gasteiger partial charge in [-0.1, -0.05) is 12.1 Å².